The van der Waals surface area contributed by atoms with Crippen LogP contribution in [0.4, 0.5) is 0 Å². The zero-order valence-electron chi connectivity index (χ0n) is 12.2. The fourth-order valence-corrected chi connectivity index (χ4v) is 1.86. The minimum atomic E-state index is 0.0476. The highest BCUT2D eigenvalue weighted by atomic mass is 16.5. The zero-order chi connectivity index (χ0) is 13.8. The van der Waals surface area contributed by atoms with Gasteiger partial charge in [0, 0.05) is 6.42 Å². The number of ketones is 1. The van der Waals surface area contributed by atoms with Gasteiger partial charge < -0.3 is 4.74 Å². The first kappa shape index (κ1) is 14.7. The van der Waals surface area contributed by atoms with E-state index in [1.807, 2.05) is 32.0 Å². The van der Waals surface area contributed by atoms with Gasteiger partial charge in [0.1, 0.15) is 5.75 Å². The number of rotatable bonds is 5. The SMILES string of the molecule is CCCC(=O)c1cc(C(C)(C)C)ccc1OCC. The molecule has 0 atom stereocenters. The van der Waals surface area contributed by atoms with Gasteiger partial charge in [0.05, 0.1) is 12.2 Å². The van der Waals surface area contributed by atoms with Gasteiger partial charge in [-0.1, -0.05) is 33.8 Å². The predicted octanol–water partition coefficient (Wildman–Crippen LogP) is 4.37. The number of carbonyl (C=O) groups excluding carboxylic acids is 1. The number of hydrogen-bond acceptors (Lipinski definition) is 2. The van der Waals surface area contributed by atoms with Crippen molar-refractivity contribution in [2.24, 2.45) is 0 Å². The molecule has 0 aliphatic rings. The molecule has 2 nitrogen and oxygen atoms in total. The van der Waals surface area contributed by atoms with E-state index in [4.69, 9.17) is 4.74 Å². The molecular formula is C16H24O2. The van der Waals surface area contributed by atoms with Crippen LogP contribution < -0.4 is 4.74 Å². The highest BCUT2D eigenvalue weighted by molar-refractivity contribution is 5.98. The van der Waals surface area contributed by atoms with E-state index < -0.39 is 0 Å². The molecule has 0 saturated carbocycles. The van der Waals surface area contributed by atoms with Crippen molar-refractivity contribution in [3.05, 3.63) is 29.3 Å². The standard InChI is InChI=1S/C16H24O2/c1-6-8-14(17)13-11-12(16(3,4)5)9-10-15(13)18-7-2/h9-11H,6-8H2,1-5H3. The molecule has 0 aliphatic carbocycles. The number of benzene rings is 1. The van der Waals surface area contributed by atoms with E-state index in [2.05, 4.69) is 20.8 Å². The van der Waals surface area contributed by atoms with Gasteiger partial charge in [0.2, 0.25) is 0 Å². The minimum absolute atomic E-state index is 0.0476. The predicted molar refractivity (Wildman–Crippen MR) is 75.5 cm³/mol. The molecule has 0 fully saturated rings. The Morgan fingerprint density at radius 1 is 1.22 bits per heavy atom. The Bertz CT molecular complexity index is 414. The molecule has 0 aromatic heterocycles. The van der Waals surface area contributed by atoms with Gasteiger partial charge in [-0.2, -0.15) is 0 Å². The molecule has 0 unspecified atom stereocenters. The largest absolute Gasteiger partial charge is 0.493 e. The van der Waals surface area contributed by atoms with E-state index in [-0.39, 0.29) is 11.2 Å². The monoisotopic (exact) mass is 248 g/mol. The molecule has 0 amide bonds. The summed E-state index contributed by atoms with van der Waals surface area (Å²) < 4.78 is 5.55. The molecule has 0 bridgehead atoms. The lowest BCUT2D eigenvalue weighted by molar-refractivity contribution is 0.0978. The van der Waals surface area contributed by atoms with Crippen LogP contribution in [0, 0.1) is 0 Å². The van der Waals surface area contributed by atoms with Crippen LogP contribution in [0.1, 0.15) is 63.4 Å². The van der Waals surface area contributed by atoms with Crippen LogP contribution in [-0.4, -0.2) is 12.4 Å². The van der Waals surface area contributed by atoms with Crippen LogP contribution in [0.5, 0.6) is 5.75 Å². The summed E-state index contributed by atoms with van der Waals surface area (Å²) in [4.78, 5) is 12.1. The third-order valence-electron chi connectivity index (χ3n) is 2.92. The molecular weight excluding hydrogens is 224 g/mol. The number of hydrogen-bond donors (Lipinski definition) is 0. The first-order valence-corrected chi connectivity index (χ1v) is 6.70. The Hall–Kier alpha value is -1.31. The third kappa shape index (κ3) is 3.59. The maximum Gasteiger partial charge on any atom is 0.166 e. The van der Waals surface area contributed by atoms with Gasteiger partial charge in [0.25, 0.3) is 0 Å². The molecule has 1 aromatic carbocycles. The normalized spacial score (nSPS) is 11.4. The molecule has 18 heavy (non-hydrogen) atoms. The molecule has 0 radical (unpaired) electrons. The quantitative estimate of drug-likeness (QED) is 0.723. The molecule has 0 aliphatic heterocycles. The molecule has 1 rings (SSSR count). The molecule has 0 spiro atoms. The average Bonchev–Trinajstić information content (AvgIpc) is 2.28. The van der Waals surface area contributed by atoms with Crippen molar-refractivity contribution in [1.82, 2.24) is 0 Å². The Kier molecular flexibility index (Phi) is 4.94. The Morgan fingerprint density at radius 2 is 1.89 bits per heavy atom. The van der Waals surface area contributed by atoms with Crippen molar-refractivity contribution < 1.29 is 9.53 Å². The van der Waals surface area contributed by atoms with Crippen LogP contribution in [-0.2, 0) is 5.41 Å². The van der Waals surface area contributed by atoms with Crippen LogP contribution >= 0.6 is 0 Å². The number of ether oxygens (including phenoxy) is 1. The van der Waals surface area contributed by atoms with Gasteiger partial charge in [-0.05, 0) is 36.5 Å². The Morgan fingerprint density at radius 3 is 2.39 bits per heavy atom. The summed E-state index contributed by atoms with van der Waals surface area (Å²) in [6, 6.07) is 5.96. The summed E-state index contributed by atoms with van der Waals surface area (Å²) in [7, 11) is 0. The summed E-state index contributed by atoms with van der Waals surface area (Å²) in [6.45, 7) is 11.0. The Balaban J connectivity index is 3.19. The van der Waals surface area contributed by atoms with Gasteiger partial charge in [-0.15, -0.1) is 0 Å². The summed E-state index contributed by atoms with van der Waals surface area (Å²) in [5.41, 5.74) is 1.95. The average molecular weight is 248 g/mol. The second-order valence-electron chi connectivity index (χ2n) is 5.57. The van der Waals surface area contributed by atoms with Crippen LogP contribution in [0.15, 0.2) is 18.2 Å². The van der Waals surface area contributed by atoms with E-state index in [0.29, 0.717) is 18.8 Å². The van der Waals surface area contributed by atoms with Crippen molar-refractivity contribution in [1.29, 1.82) is 0 Å². The smallest absolute Gasteiger partial charge is 0.166 e. The van der Waals surface area contributed by atoms with E-state index >= 15 is 0 Å². The molecule has 2 heteroatoms. The molecule has 0 N–H and O–H groups in total. The summed E-state index contributed by atoms with van der Waals surface area (Å²) in [5, 5.41) is 0. The second-order valence-corrected chi connectivity index (χ2v) is 5.57. The van der Waals surface area contributed by atoms with Crippen molar-refractivity contribution in [2.45, 2.75) is 52.9 Å². The maximum absolute atomic E-state index is 12.1. The first-order chi connectivity index (χ1) is 8.40. The highest BCUT2D eigenvalue weighted by Gasteiger charge is 2.18. The molecule has 0 saturated heterocycles. The van der Waals surface area contributed by atoms with Gasteiger partial charge in [-0.3, -0.25) is 4.79 Å². The number of carbonyl (C=O) groups is 1. The topological polar surface area (TPSA) is 26.3 Å². The van der Waals surface area contributed by atoms with E-state index in [0.717, 1.165) is 12.0 Å². The van der Waals surface area contributed by atoms with Crippen LogP contribution in [0.3, 0.4) is 0 Å². The second kappa shape index (κ2) is 6.03. The lowest BCUT2D eigenvalue weighted by Crippen LogP contribution is -2.13. The number of Topliss-reactive ketones (excluding diaryl/α,β-unsaturated/α-hetero) is 1. The highest BCUT2D eigenvalue weighted by Crippen LogP contribution is 2.29. The third-order valence-corrected chi connectivity index (χ3v) is 2.92. The van der Waals surface area contributed by atoms with Gasteiger partial charge in [0.15, 0.2) is 5.78 Å². The van der Waals surface area contributed by atoms with Crippen LogP contribution in [0.25, 0.3) is 0 Å². The van der Waals surface area contributed by atoms with Gasteiger partial charge >= 0.3 is 0 Å². The van der Waals surface area contributed by atoms with E-state index in [1.54, 1.807) is 0 Å². The lowest BCUT2D eigenvalue weighted by Gasteiger charge is -2.21. The molecule has 1 aromatic rings. The summed E-state index contributed by atoms with van der Waals surface area (Å²) in [6.07, 6.45) is 1.44. The van der Waals surface area contributed by atoms with Crippen LogP contribution in [0.2, 0.25) is 0 Å². The van der Waals surface area contributed by atoms with Gasteiger partial charge in [-0.25, -0.2) is 0 Å². The maximum atomic E-state index is 12.1. The van der Waals surface area contributed by atoms with Crippen molar-refractivity contribution in [2.75, 3.05) is 6.61 Å². The fraction of sp³-hybridized carbons (Fsp3) is 0.562. The van der Waals surface area contributed by atoms with Crippen molar-refractivity contribution in [3.8, 4) is 5.75 Å². The van der Waals surface area contributed by atoms with E-state index in [1.165, 1.54) is 5.56 Å². The van der Waals surface area contributed by atoms with Crippen molar-refractivity contribution in [3.63, 3.8) is 0 Å². The zero-order valence-corrected chi connectivity index (χ0v) is 12.2. The first-order valence-electron chi connectivity index (χ1n) is 6.70. The summed E-state index contributed by atoms with van der Waals surface area (Å²) in [5.74, 6) is 0.885. The summed E-state index contributed by atoms with van der Waals surface area (Å²) >= 11 is 0. The molecule has 0 heterocycles. The van der Waals surface area contributed by atoms with E-state index in [9.17, 15) is 4.79 Å². The molecule has 100 valence electrons. The lowest BCUT2D eigenvalue weighted by atomic mass is 9.85. The Labute approximate surface area is 110 Å². The van der Waals surface area contributed by atoms with Crippen molar-refractivity contribution >= 4 is 5.78 Å². The fourth-order valence-electron chi connectivity index (χ4n) is 1.86. The minimum Gasteiger partial charge on any atom is -0.493 e.